The van der Waals surface area contributed by atoms with Gasteiger partial charge in [-0.25, -0.2) is 4.98 Å². The van der Waals surface area contributed by atoms with Gasteiger partial charge in [-0.05, 0) is 78.9 Å². The first-order valence-electron chi connectivity index (χ1n) is 11.0. The van der Waals surface area contributed by atoms with Crippen molar-refractivity contribution in [2.75, 3.05) is 6.61 Å². The molecular weight excluding hydrogens is 414 g/mol. The Morgan fingerprint density at radius 2 is 1.42 bits per heavy atom. The molecule has 3 aromatic heterocycles. The summed E-state index contributed by atoms with van der Waals surface area (Å²) in [6, 6.07) is 23.6. The molecule has 0 aliphatic rings. The Morgan fingerprint density at radius 3 is 2.03 bits per heavy atom. The van der Waals surface area contributed by atoms with Crippen molar-refractivity contribution in [2.24, 2.45) is 0 Å². The molecule has 0 saturated heterocycles. The van der Waals surface area contributed by atoms with Crippen molar-refractivity contribution in [3.8, 4) is 39.7 Å². The molecule has 0 aliphatic heterocycles. The van der Waals surface area contributed by atoms with E-state index in [4.69, 9.17) is 14.8 Å². The minimum Gasteiger partial charge on any atom is -0.494 e. The van der Waals surface area contributed by atoms with Crippen LogP contribution >= 0.6 is 0 Å². The molecule has 0 radical (unpaired) electrons. The van der Waals surface area contributed by atoms with E-state index in [0.717, 1.165) is 52.5 Å². The lowest BCUT2D eigenvalue weighted by Crippen LogP contribution is -1.99. The SMILES string of the molecule is O=C(O)CCCCCOc1cccc(-c2cc(-c3ccccn3)nc(-c3ccccn3)c2)c1. The van der Waals surface area contributed by atoms with E-state index >= 15 is 0 Å². The molecular formula is C27H25N3O3. The van der Waals surface area contributed by atoms with Gasteiger partial charge in [-0.1, -0.05) is 24.3 Å². The van der Waals surface area contributed by atoms with Crippen molar-refractivity contribution in [3.05, 3.63) is 85.2 Å². The summed E-state index contributed by atoms with van der Waals surface area (Å²) in [7, 11) is 0. The van der Waals surface area contributed by atoms with Gasteiger partial charge in [-0.3, -0.25) is 14.8 Å². The summed E-state index contributed by atoms with van der Waals surface area (Å²) >= 11 is 0. The number of hydrogen-bond donors (Lipinski definition) is 1. The quantitative estimate of drug-likeness (QED) is 0.310. The van der Waals surface area contributed by atoms with Crippen LogP contribution in [-0.4, -0.2) is 32.6 Å². The Hall–Kier alpha value is -4.06. The molecule has 0 fully saturated rings. The smallest absolute Gasteiger partial charge is 0.303 e. The highest BCUT2D eigenvalue weighted by molar-refractivity contribution is 5.75. The van der Waals surface area contributed by atoms with Crippen molar-refractivity contribution in [3.63, 3.8) is 0 Å². The summed E-state index contributed by atoms with van der Waals surface area (Å²) < 4.78 is 5.92. The van der Waals surface area contributed by atoms with Crippen molar-refractivity contribution in [1.82, 2.24) is 15.0 Å². The molecule has 1 aromatic carbocycles. The van der Waals surface area contributed by atoms with E-state index in [0.29, 0.717) is 13.0 Å². The maximum atomic E-state index is 10.6. The van der Waals surface area contributed by atoms with Crippen molar-refractivity contribution in [1.29, 1.82) is 0 Å². The second-order valence-corrected chi connectivity index (χ2v) is 7.64. The number of nitrogens with zero attached hydrogens (tertiary/aromatic N) is 3. The number of rotatable bonds is 10. The number of ether oxygens (including phenoxy) is 1. The Bertz CT molecular complexity index is 1140. The van der Waals surface area contributed by atoms with E-state index in [1.165, 1.54) is 0 Å². The number of pyridine rings is 3. The lowest BCUT2D eigenvalue weighted by molar-refractivity contribution is -0.137. The Balaban J connectivity index is 1.58. The average molecular weight is 440 g/mol. The molecule has 1 N–H and O–H groups in total. The number of benzene rings is 1. The van der Waals surface area contributed by atoms with Crippen molar-refractivity contribution < 1.29 is 14.6 Å². The number of unbranched alkanes of at least 4 members (excludes halogenated alkanes) is 2. The van der Waals surface area contributed by atoms with Crippen molar-refractivity contribution in [2.45, 2.75) is 25.7 Å². The predicted molar refractivity (Wildman–Crippen MR) is 128 cm³/mol. The molecule has 0 saturated carbocycles. The van der Waals surface area contributed by atoms with E-state index in [9.17, 15) is 4.79 Å². The first kappa shape index (κ1) is 22.1. The number of carboxylic acid groups (broad SMARTS) is 1. The van der Waals surface area contributed by atoms with Crippen LogP contribution in [0.3, 0.4) is 0 Å². The Morgan fingerprint density at radius 1 is 0.727 bits per heavy atom. The van der Waals surface area contributed by atoms with Gasteiger partial charge in [0.05, 0.1) is 29.4 Å². The fourth-order valence-electron chi connectivity index (χ4n) is 3.50. The van der Waals surface area contributed by atoms with E-state index in [-0.39, 0.29) is 6.42 Å². The molecule has 0 unspecified atom stereocenters. The van der Waals surface area contributed by atoms with Gasteiger partial charge < -0.3 is 9.84 Å². The third kappa shape index (κ3) is 6.23. The molecule has 6 nitrogen and oxygen atoms in total. The molecule has 166 valence electrons. The van der Waals surface area contributed by atoms with Gasteiger partial charge in [0, 0.05) is 18.8 Å². The van der Waals surface area contributed by atoms with E-state index in [1.54, 1.807) is 12.4 Å². The monoisotopic (exact) mass is 439 g/mol. The third-order valence-corrected chi connectivity index (χ3v) is 5.15. The number of aromatic nitrogens is 3. The highest BCUT2D eigenvalue weighted by atomic mass is 16.5. The van der Waals surface area contributed by atoms with Gasteiger partial charge in [-0.15, -0.1) is 0 Å². The van der Waals surface area contributed by atoms with Crippen LogP contribution in [0.5, 0.6) is 5.75 Å². The van der Waals surface area contributed by atoms with Crippen LogP contribution in [-0.2, 0) is 4.79 Å². The highest BCUT2D eigenvalue weighted by Gasteiger charge is 2.11. The Labute approximate surface area is 193 Å². The average Bonchev–Trinajstić information content (AvgIpc) is 2.87. The van der Waals surface area contributed by atoms with Crippen LogP contribution in [0.2, 0.25) is 0 Å². The maximum Gasteiger partial charge on any atom is 0.303 e. The molecule has 0 atom stereocenters. The van der Waals surface area contributed by atoms with Gasteiger partial charge in [0.1, 0.15) is 5.75 Å². The molecule has 3 heterocycles. The van der Waals surface area contributed by atoms with Gasteiger partial charge >= 0.3 is 5.97 Å². The first-order chi connectivity index (χ1) is 16.2. The second-order valence-electron chi connectivity index (χ2n) is 7.64. The van der Waals surface area contributed by atoms with E-state index in [2.05, 4.69) is 9.97 Å². The first-order valence-corrected chi connectivity index (χ1v) is 11.0. The second kappa shape index (κ2) is 11.0. The topological polar surface area (TPSA) is 85.2 Å². The summed E-state index contributed by atoms with van der Waals surface area (Å²) in [4.78, 5) is 24.4. The molecule has 0 aliphatic carbocycles. The normalized spacial score (nSPS) is 10.7. The van der Waals surface area contributed by atoms with Gasteiger partial charge in [0.2, 0.25) is 0 Å². The minimum atomic E-state index is -0.754. The fourth-order valence-corrected chi connectivity index (χ4v) is 3.50. The number of carbonyl (C=O) groups is 1. The number of aliphatic carboxylic acids is 1. The summed E-state index contributed by atoms with van der Waals surface area (Å²) in [5.41, 5.74) is 5.15. The van der Waals surface area contributed by atoms with Crippen LogP contribution in [0.15, 0.2) is 85.2 Å². The van der Waals surface area contributed by atoms with Crippen LogP contribution < -0.4 is 4.74 Å². The molecule has 0 amide bonds. The Kier molecular flexibility index (Phi) is 7.38. The zero-order chi connectivity index (χ0) is 22.9. The summed E-state index contributed by atoms with van der Waals surface area (Å²) in [5.74, 6) is 0.0254. The lowest BCUT2D eigenvalue weighted by Gasteiger charge is -2.11. The van der Waals surface area contributed by atoms with Gasteiger partial charge in [0.25, 0.3) is 0 Å². The number of carboxylic acids is 1. The highest BCUT2D eigenvalue weighted by Crippen LogP contribution is 2.30. The minimum absolute atomic E-state index is 0.203. The van der Waals surface area contributed by atoms with Crippen molar-refractivity contribution >= 4 is 5.97 Å². The van der Waals surface area contributed by atoms with Crippen LogP contribution in [0.25, 0.3) is 33.9 Å². The summed E-state index contributed by atoms with van der Waals surface area (Å²) in [6.07, 6.45) is 6.04. The predicted octanol–water partition coefficient (Wildman–Crippen LogP) is 5.90. The summed E-state index contributed by atoms with van der Waals surface area (Å²) in [6.45, 7) is 0.553. The molecule has 4 aromatic rings. The van der Waals surface area contributed by atoms with Crippen LogP contribution in [0.4, 0.5) is 0 Å². The van der Waals surface area contributed by atoms with Crippen LogP contribution in [0.1, 0.15) is 25.7 Å². The standard InChI is InChI=1S/C27H25N3O3/c31-27(32)13-2-1-7-16-33-22-10-8-9-20(17-22)21-18-25(23-11-3-5-14-28-23)30-26(19-21)24-12-4-6-15-29-24/h3-6,8-12,14-15,17-19H,1-2,7,13,16H2,(H,31,32). The zero-order valence-corrected chi connectivity index (χ0v) is 18.2. The largest absolute Gasteiger partial charge is 0.494 e. The van der Waals surface area contributed by atoms with Crippen LogP contribution in [0, 0.1) is 0 Å². The van der Waals surface area contributed by atoms with E-state index < -0.39 is 5.97 Å². The molecule has 33 heavy (non-hydrogen) atoms. The number of hydrogen-bond acceptors (Lipinski definition) is 5. The van der Waals surface area contributed by atoms with Gasteiger partial charge in [-0.2, -0.15) is 0 Å². The lowest BCUT2D eigenvalue weighted by atomic mass is 10.0. The third-order valence-electron chi connectivity index (χ3n) is 5.15. The van der Waals surface area contributed by atoms with Gasteiger partial charge in [0.15, 0.2) is 0 Å². The fraction of sp³-hybridized carbons (Fsp3) is 0.185. The molecule has 0 bridgehead atoms. The maximum absolute atomic E-state index is 10.6. The molecule has 4 rings (SSSR count). The summed E-state index contributed by atoms with van der Waals surface area (Å²) in [5, 5.41) is 8.73. The molecule has 6 heteroatoms. The zero-order valence-electron chi connectivity index (χ0n) is 18.2. The molecule has 0 spiro atoms. The van der Waals surface area contributed by atoms with E-state index in [1.807, 2.05) is 72.8 Å².